The zero-order valence-electron chi connectivity index (χ0n) is 18.9. The Labute approximate surface area is 186 Å². The highest BCUT2D eigenvalue weighted by atomic mass is 16.5. The van der Waals surface area contributed by atoms with Gasteiger partial charge in [-0.05, 0) is 58.6 Å². The van der Waals surface area contributed by atoms with E-state index < -0.39 is 23.7 Å². The van der Waals surface area contributed by atoms with E-state index in [-0.39, 0.29) is 11.3 Å². The van der Waals surface area contributed by atoms with Crippen molar-refractivity contribution < 1.29 is 24.2 Å². The van der Waals surface area contributed by atoms with Gasteiger partial charge in [0.2, 0.25) is 0 Å². The topological polar surface area (TPSA) is 116 Å². The van der Waals surface area contributed by atoms with Gasteiger partial charge in [-0.15, -0.1) is 0 Å². The number of nitrogens with one attached hydrogen (secondary N) is 1. The first-order chi connectivity index (χ1) is 15.2. The summed E-state index contributed by atoms with van der Waals surface area (Å²) in [5.41, 5.74) is 2.51. The number of likely N-dealkylation sites (tertiary alicyclic amines) is 1. The Kier molecular flexibility index (Phi) is 6.78. The number of carbonyl (C=O) groups is 3. The molecule has 1 fully saturated rings. The zero-order chi connectivity index (χ0) is 23.6. The molecule has 1 aliphatic rings. The van der Waals surface area contributed by atoms with Gasteiger partial charge in [0.1, 0.15) is 5.76 Å². The molecule has 3 rings (SSSR count). The summed E-state index contributed by atoms with van der Waals surface area (Å²) in [4.78, 5) is 41.3. The van der Waals surface area contributed by atoms with E-state index in [4.69, 9.17) is 4.74 Å². The number of methoxy groups -OCH3 is 1. The van der Waals surface area contributed by atoms with Gasteiger partial charge in [0.15, 0.2) is 0 Å². The van der Waals surface area contributed by atoms with Crippen LogP contribution in [-0.2, 0) is 14.3 Å². The van der Waals surface area contributed by atoms with E-state index in [1.165, 1.54) is 12.0 Å². The number of esters is 1. The highest BCUT2D eigenvalue weighted by Crippen LogP contribution is 2.40. The molecule has 0 bridgehead atoms. The zero-order valence-corrected chi connectivity index (χ0v) is 18.9. The third-order valence-corrected chi connectivity index (χ3v) is 5.56. The minimum Gasteiger partial charge on any atom is -0.507 e. The molecule has 0 spiro atoms. The number of Topliss-reactive ketones (excluding diaryl/α,β-unsaturated/α-hetero) is 1. The molecule has 170 valence electrons. The number of ether oxygens (including phenoxy) is 1. The average Bonchev–Trinajstić information content (AvgIpc) is 3.23. The van der Waals surface area contributed by atoms with Crippen LogP contribution in [0.5, 0.6) is 0 Å². The van der Waals surface area contributed by atoms with Crippen molar-refractivity contribution in [2.24, 2.45) is 0 Å². The number of H-pyrrole nitrogens is 1. The number of aliphatic hydroxyl groups excluding tert-OH is 1. The first-order valence-corrected chi connectivity index (χ1v) is 10.3. The fourth-order valence-electron chi connectivity index (χ4n) is 3.97. The van der Waals surface area contributed by atoms with Gasteiger partial charge >= 0.3 is 5.97 Å². The highest BCUT2D eigenvalue weighted by Gasteiger charge is 2.46. The van der Waals surface area contributed by atoms with Crippen LogP contribution < -0.4 is 0 Å². The summed E-state index contributed by atoms with van der Waals surface area (Å²) in [6.45, 7) is 4.53. The number of amides is 1. The Hall–Kier alpha value is -3.46. The van der Waals surface area contributed by atoms with E-state index in [0.717, 1.165) is 6.54 Å². The Morgan fingerprint density at radius 2 is 1.88 bits per heavy atom. The Morgan fingerprint density at radius 1 is 1.22 bits per heavy atom. The van der Waals surface area contributed by atoms with Crippen molar-refractivity contribution in [2.75, 3.05) is 34.3 Å². The van der Waals surface area contributed by atoms with Crippen LogP contribution in [0.2, 0.25) is 0 Å². The molecular weight excluding hydrogens is 412 g/mol. The summed E-state index contributed by atoms with van der Waals surface area (Å²) in [5, 5.41) is 18.0. The van der Waals surface area contributed by atoms with Crippen LogP contribution in [0.15, 0.2) is 29.8 Å². The minimum absolute atomic E-state index is 0.0123. The predicted octanol–water partition coefficient (Wildman–Crippen LogP) is 2.19. The molecule has 9 heteroatoms. The molecule has 1 atom stereocenters. The molecular formula is C23H28N4O5. The van der Waals surface area contributed by atoms with E-state index in [1.54, 1.807) is 38.1 Å². The second-order valence-corrected chi connectivity index (χ2v) is 8.07. The van der Waals surface area contributed by atoms with E-state index in [9.17, 15) is 19.5 Å². The van der Waals surface area contributed by atoms with Crippen LogP contribution in [0.4, 0.5) is 0 Å². The van der Waals surface area contributed by atoms with Crippen LogP contribution >= 0.6 is 0 Å². The molecule has 0 radical (unpaired) electrons. The lowest BCUT2D eigenvalue weighted by Crippen LogP contribution is -2.32. The number of hydrogen-bond acceptors (Lipinski definition) is 7. The third kappa shape index (κ3) is 4.29. The quantitative estimate of drug-likeness (QED) is 0.293. The largest absolute Gasteiger partial charge is 0.507 e. The Balaban J connectivity index is 2.12. The van der Waals surface area contributed by atoms with Crippen LogP contribution in [0.25, 0.3) is 5.76 Å². The maximum absolute atomic E-state index is 13.1. The van der Waals surface area contributed by atoms with Crippen molar-refractivity contribution in [2.45, 2.75) is 26.3 Å². The first kappa shape index (κ1) is 23.2. The lowest BCUT2D eigenvalue weighted by atomic mass is 9.94. The Bertz CT molecular complexity index is 1050. The molecule has 32 heavy (non-hydrogen) atoms. The van der Waals surface area contributed by atoms with Crippen molar-refractivity contribution in [3.8, 4) is 0 Å². The van der Waals surface area contributed by atoms with E-state index in [1.807, 2.05) is 19.0 Å². The van der Waals surface area contributed by atoms with E-state index in [2.05, 4.69) is 10.2 Å². The number of rotatable bonds is 7. The van der Waals surface area contributed by atoms with Crippen molar-refractivity contribution in [1.29, 1.82) is 0 Å². The maximum Gasteiger partial charge on any atom is 0.337 e. The van der Waals surface area contributed by atoms with Gasteiger partial charge in [-0.1, -0.05) is 12.1 Å². The number of ketones is 1. The molecule has 1 saturated heterocycles. The Morgan fingerprint density at radius 3 is 2.41 bits per heavy atom. The number of benzene rings is 1. The molecule has 1 amide bonds. The molecule has 1 aromatic carbocycles. The summed E-state index contributed by atoms with van der Waals surface area (Å²) in [5.74, 6) is -2.15. The predicted molar refractivity (Wildman–Crippen MR) is 118 cm³/mol. The van der Waals surface area contributed by atoms with Crippen molar-refractivity contribution >= 4 is 23.4 Å². The van der Waals surface area contributed by atoms with Crippen molar-refractivity contribution in [1.82, 2.24) is 20.0 Å². The van der Waals surface area contributed by atoms with Crippen molar-refractivity contribution in [3.05, 3.63) is 57.9 Å². The van der Waals surface area contributed by atoms with Gasteiger partial charge in [-0.3, -0.25) is 14.7 Å². The molecule has 1 aliphatic heterocycles. The number of hydrogen-bond donors (Lipinski definition) is 2. The summed E-state index contributed by atoms with van der Waals surface area (Å²) < 4.78 is 4.75. The number of aromatic nitrogens is 2. The standard InChI is InChI=1S/C23H28N4O5/c1-13-17(14(2)25-24-13)20(28)18-19(15-7-9-16(10-8-15)23(31)32-5)27(22(30)21(18)29)12-6-11-26(3)4/h7-10,19,28H,6,11-12H2,1-5H3,(H,24,25)/t19-/m1/s1. The lowest BCUT2D eigenvalue weighted by molar-refractivity contribution is -0.139. The smallest absolute Gasteiger partial charge is 0.337 e. The molecule has 1 aromatic heterocycles. The molecule has 2 N–H and O–H groups in total. The molecule has 9 nitrogen and oxygen atoms in total. The average molecular weight is 441 g/mol. The van der Waals surface area contributed by atoms with Crippen LogP contribution in [0, 0.1) is 13.8 Å². The van der Waals surface area contributed by atoms with Gasteiger partial charge < -0.3 is 19.6 Å². The van der Waals surface area contributed by atoms with Gasteiger partial charge in [-0.2, -0.15) is 5.10 Å². The number of aliphatic hydroxyl groups is 1. The summed E-state index contributed by atoms with van der Waals surface area (Å²) in [6, 6.07) is 5.72. The highest BCUT2D eigenvalue weighted by molar-refractivity contribution is 6.46. The number of carbonyl (C=O) groups excluding carboxylic acids is 3. The molecule has 0 aliphatic carbocycles. The fraction of sp³-hybridized carbons (Fsp3) is 0.391. The molecule has 2 aromatic rings. The summed E-state index contributed by atoms with van der Waals surface area (Å²) in [6.07, 6.45) is 0.653. The second-order valence-electron chi connectivity index (χ2n) is 8.07. The molecule has 0 saturated carbocycles. The SMILES string of the molecule is COC(=O)c1ccc([C@@H]2C(=C(O)c3c(C)n[nH]c3C)C(=O)C(=O)N2CCCN(C)C)cc1. The monoisotopic (exact) mass is 440 g/mol. The fourth-order valence-corrected chi connectivity index (χ4v) is 3.97. The van der Waals surface area contributed by atoms with Gasteiger partial charge in [0.25, 0.3) is 11.7 Å². The van der Waals surface area contributed by atoms with Gasteiger partial charge in [0.05, 0.1) is 35.5 Å². The van der Waals surface area contributed by atoms with Crippen LogP contribution in [-0.4, -0.2) is 77.1 Å². The number of aryl methyl sites for hydroxylation is 2. The maximum atomic E-state index is 13.1. The second kappa shape index (κ2) is 9.35. The normalized spacial score (nSPS) is 17.9. The van der Waals surface area contributed by atoms with Crippen molar-refractivity contribution in [3.63, 3.8) is 0 Å². The first-order valence-electron chi connectivity index (χ1n) is 10.3. The molecule has 2 heterocycles. The summed E-state index contributed by atoms with van der Waals surface area (Å²) in [7, 11) is 5.16. The number of aromatic amines is 1. The van der Waals surface area contributed by atoms with E-state index >= 15 is 0 Å². The van der Waals surface area contributed by atoms with E-state index in [0.29, 0.717) is 41.0 Å². The van der Waals surface area contributed by atoms with Crippen LogP contribution in [0.1, 0.15) is 45.3 Å². The molecule has 0 unspecified atom stereocenters. The minimum atomic E-state index is -0.780. The third-order valence-electron chi connectivity index (χ3n) is 5.56. The number of nitrogens with zero attached hydrogens (tertiary/aromatic N) is 3. The van der Waals surface area contributed by atoms with Gasteiger partial charge in [-0.25, -0.2) is 4.79 Å². The lowest BCUT2D eigenvalue weighted by Gasteiger charge is -2.26. The van der Waals surface area contributed by atoms with Crippen LogP contribution in [0.3, 0.4) is 0 Å². The summed E-state index contributed by atoms with van der Waals surface area (Å²) >= 11 is 0. The van der Waals surface area contributed by atoms with Gasteiger partial charge in [0, 0.05) is 12.2 Å².